The minimum Gasteiger partial charge on any atom is -0.330 e. The van der Waals surface area contributed by atoms with Crippen LogP contribution in [-0.2, 0) is 10.0 Å². The highest BCUT2D eigenvalue weighted by molar-refractivity contribution is 7.89. The largest absolute Gasteiger partial charge is 0.330 e. The number of rotatable bonds is 5. The molecule has 1 aliphatic heterocycles. The van der Waals surface area contributed by atoms with Crippen LogP contribution in [0.3, 0.4) is 0 Å². The van der Waals surface area contributed by atoms with Gasteiger partial charge in [0.2, 0.25) is 10.0 Å². The van der Waals surface area contributed by atoms with Crippen molar-refractivity contribution in [3.05, 3.63) is 35.9 Å². The van der Waals surface area contributed by atoms with Gasteiger partial charge in [0.05, 0.1) is 5.75 Å². The molecule has 3 unspecified atom stereocenters. The minimum atomic E-state index is -3.22. The third-order valence-electron chi connectivity index (χ3n) is 4.60. The molecule has 1 aromatic carbocycles. The summed E-state index contributed by atoms with van der Waals surface area (Å²) >= 11 is 0. The van der Waals surface area contributed by atoms with Crippen LogP contribution in [0.1, 0.15) is 31.7 Å². The topological polar surface area (TPSA) is 63.4 Å². The Morgan fingerprint density at radius 2 is 2.00 bits per heavy atom. The van der Waals surface area contributed by atoms with E-state index in [1.807, 2.05) is 37.3 Å². The molecule has 21 heavy (non-hydrogen) atoms. The molecule has 0 aromatic heterocycles. The molecule has 2 N–H and O–H groups in total. The van der Waals surface area contributed by atoms with Crippen LogP contribution in [0.2, 0.25) is 0 Å². The van der Waals surface area contributed by atoms with Gasteiger partial charge in [0.15, 0.2) is 0 Å². The van der Waals surface area contributed by atoms with Crippen molar-refractivity contribution in [3.63, 3.8) is 0 Å². The van der Waals surface area contributed by atoms with Crippen LogP contribution in [-0.4, -0.2) is 38.1 Å². The number of nitrogens with two attached hydrogens (primary N) is 1. The van der Waals surface area contributed by atoms with Gasteiger partial charge in [-0.2, -0.15) is 0 Å². The predicted octanol–water partition coefficient (Wildman–Crippen LogP) is 2.04. The third-order valence-corrected chi connectivity index (χ3v) is 6.64. The van der Waals surface area contributed by atoms with Gasteiger partial charge in [-0.15, -0.1) is 0 Å². The van der Waals surface area contributed by atoms with E-state index < -0.39 is 10.0 Å². The van der Waals surface area contributed by atoms with Gasteiger partial charge < -0.3 is 5.73 Å². The summed E-state index contributed by atoms with van der Waals surface area (Å²) in [6, 6.07) is 9.82. The first-order valence-corrected chi connectivity index (χ1v) is 9.27. The molecule has 0 bridgehead atoms. The van der Waals surface area contributed by atoms with E-state index >= 15 is 0 Å². The van der Waals surface area contributed by atoms with Gasteiger partial charge in [-0.25, -0.2) is 12.7 Å². The highest BCUT2D eigenvalue weighted by Gasteiger charge is 2.32. The molecule has 0 spiro atoms. The van der Waals surface area contributed by atoms with Crippen molar-refractivity contribution in [2.45, 2.75) is 26.2 Å². The van der Waals surface area contributed by atoms with Gasteiger partial charge in [0.1, 0.15) is 0 Å². The summed E-state index contributed by atoms with van der Waals surface area (Å²) in [5.41, 5.74) is 6.84. The highest BCUT2D eigenvalue weighted by Crippen LogP contribution is 2.26. The van der Waals surface area contributed by atoms with Crippen molar-refractivity contribution in [1.82, 2.24) is 4.31 Å². The Morgan fingerprint density at radius 3 is 2.62 bits per heavy atom. The number of nitrogens with zero attached hydrogens (tertiary/aromatic N) is 1. The van der Waals surface area contributed by atoms with Gasteiger partial charge >= 0.3 is 0 Å². The molecule has 4 nitrogen and oxygen atoms in total. The van der Waals surface area contributed by atoms with E-state index in [9.17, 15) is 8.42 Å². The van der Waals surface area contributed by atoms with Crippen LogP contribution in [0, 0.1) is 11.8 Å². The summed E-state index contributed by atoms with van der Waals surface area (Å²) < 4.78 is 26.9. The van der Waals surface area contributed by atoms with Gasteiger partial charge in [-0.1, -0.05) is 44.2 Å². The number of sulfonamides is 1. The fourth-order valence-corrected chi connectivity index (χ4v) is 4.81. The minimum absolute atomic E-state index is 0.00637. The first-order valence-electron chi connectivity index (χ1n) is 7.67. The average Bonchev–Trinajstić information content (AvgIpc) is 2.48. The lowest BCUT2D eigenvalue weighted by Gasteiger charge is -2.36. The molecular weight excluding hydrogens is 284 g/mol. The van der Waals surface area contributed by atoms with E-state index in [1.54, 1.807) is 4.31 Å². The Morgan fingerprint density at radius 1 is 1.33 bits per heavy atom. The van der Waals surface area contributed by atoms with Crippen LogP contribution in [0.5, 0.6) is 0 Å². The second-order valence-corrected chi connectivity index (χ2v) is 8.22. The third kappa shape index (κ3) is 4.05. The van der Waals surface area contributed by atoms with Gasteiger partial charge in [0.25, 0.3) is 0 Å². The molecule has 0 aliphatic carbocycles. The maximum Gasteiger partial charge on any atom is 0.214 e. The Kier molecular flexibility index (Phi) is 5.41. The second-order valence-electron chi connectivity index (χ2n) is 6.21. The summed E-state index contributed by atoms with van der Waals surface area (Å²) in [6.07, 6.45) is 0.904. The van der Waals surface area contributed by atoms with E-state index in [4.69, 9.17) is 5.73 Å². The Hall–Kier alpha value is -0.910. The molecule has 1 aromatic rings. The van der Waals surface area contributed by atoms with Crippen LogP contribution in [0.25, 0.3) is 0 Å². The van der Waals surface area contributed by atoms with Crippen LogP contribution >= 0.6 is 0 Å². The van der Waals surface area contributed by atoms with Crippen molar-refractivity contribution >= 4 is 10.0 Å². The fourth-order valence-electron chi connectivity index (χ4n) is 2.97. The Bertz CT molecular complexity index is 545. The van der Waals surface area contributed by atoms with E-state index in [1.165, 1.54) is 0 Å². The quantitative estimate of drug-likeness (QED) is 0.905. The first-order chi connectivity index (χ1) is 9.94. The number of benzene rings is 1. The molecular formula is C16H26N2O2S. The molecule has 1 heterocycles. The normalized spacial score (nSPS) is 25.7. The van der Waals surface area contributed by atoms with Crippen molar-refractivity contribution in [2.24, 2.45) is 17.6 Å². The highest BCUT2D eigenvalue weighted by atomic mass is 32.2. The molecule has 0 saturated carbocycles. The molecule has 1 saturated heterocycles. The first kappa shape index (κ1) is 16.5. The maximum absolute atomic E-state index is 12.6. The SMILES string of the molecule is CC(CS(=O)(=O)N1CCC(C)C(CN)C1)c1ccccc1. The molecule has 2 rings (SSSR count). The van der Waals surface area contributed by atoms with Crippen molar-refractivity contribution in [2.75, 3.05) is 25.4 Å². The summed E-state index contributed by atoms with van der Waals surface area (Å²) in [7, 11) is -3.22. The zero-order valence-corrected chi connectivity index (χ0v) is 13.7. The van der Waals surface area contributed by atoms with Crippen LogP contribution in [0.15, 0.2) is 30.3 Å². The van der Waals surface area contributed by atoms with Crippen molar-refractivity contribution in [1.29, 1.82) is 0 Å². The summed E-state index contributed by atoms with van der Waals surface area (Å²) in [5, 5.41) is 0. The van der Waals surface area contributed by atoms with Gasteiger partial charge in [-0.05, 0) is 36.3 Å². The smallest absolute Gasteiger partial charge is 0.214 e. The monoisotopic (exact) mass is 310 g/mol. The second kappa shape index (κ2) is 6.90. The van der Waals surface area contributed by atoms with E-state index in [-0.39, 0.29) is 17.6 Å². The van der Waals surface area contributed by atoms with E-state index in [0.29, 0.717) is 25.6 Å². The molecule has 3 atom stereocenters. The van der Waals surface area contributed by atoms with Crippen LogP contribution in [0.4, 0.5) is 0 Å². The average molecular weight is 310 g/mol. The van der Waals surface area contributed by atoms with Crippen LogP contribution < -0.4 is 5.73 Å². The Labute approximate surface area is 128 Å². The van der Waals surface area contributed by atoms with E-state index in [2.05, 4.69) is 6.92 Å². The molecule has 0 radical (unpaired) electrons. The standard InChI is InChI=1S/C16H26N2O2S/c1-13-8-9-18(11-16(13)10-17)21(19,20)12-14(2)15-6-4-3-5-7-15/h3-7,13-14,16H,8-12,17H2,1-2H3. The number of hydrogen-bond donors (Lipinski definition) is 1. The summed E-state index contributed by atoms with van der Waals surface area (Å²) in [4.78, 5) is 0. The Balaban J connectivity index is 2.05. The molecule has 1 aliphatic rings. The molecule has 118 valence electrons. The number of piperidine rings is 1. The maximum atomic E-state index is 12.6. The molecule has 1 fully saturated rings. The van der Waals surface area contributed by atoms with Crippen molar-refractivity contribution < 1.29 is 8.42 Å². The number of hydrogen-bond acceptors (Lipinski definition) is 3. The lowest BCUT2D eigenvalue weighted by molar-refractivity contribution is 0.203. The zero-order chi connectivity index (χ0) is 15.5. The lowest BCUT2D eigenvalue weighted by atomic mass is 9.88. The lowest BCUT2D eigenvalue weighted by Crippen LogP contribution is -2.46. The predicted molar refractivity (Wildman–Crippen MR) is 86.5 cm³/mol. The zero-order valence-electron chi connectivity index (χ0n) is 12.9. The van der Waals surface area contributed by atoms with E-state index in [0.717, 1.165) is 12.0 Å². The molecule has 5 heteroatoms. The van der Waals surface area contributed by atoms with Gasteiger partial charge in [0, 0.05) is 13.1 Å². The fraction of sp³-hybridized carbons (Fsp3) is 0.625. The van der Waals surface area contributed by atoms with Gasteiger partial charge in [-0.3, -0.25) is 0 Å². The van der Waals surface area contributed by atoms with Crippen molar-refractivity contribution in [3.8, 4) is 0 Å². The molecule has 0 amide bonds. The summed E-state index contributed by atoms with van der Waals surface area (Å²) in [5.74, 6) is 0.961. The summed E-state index contributed by atoms with van der Waals surface area (Å²) in [6.45, 7) is 5.89.